The average Bonchev–Trinajstić information content (AvgIpc) is 2.96. The molecule has 4 heterocycles. The van der Waals surface area contributed by atoms with E-state index in [1.807, 2.05) is 49.6 Å². The van der Waals surface area contributed by atoms with Crippen LogP contribution in [0.15, 0.2) is 98.1 Å². The molecule has 0 aliphatic heterocycles. The minimum atomic E-state index is 0. The summed E-state index contributed by atoms with van der Waals surface area (Å²) in [6.45, 7) is 9.09. The third-order valence-corrected chi connectivity index (χ3v) is 7.17. The van der Waals surface area contributed by atoms with Gasteiger partial charge in [0.2, 0.25) is 0 Å². The molecule has 6 heteroatoms. The maximum absolute atomic E-state index is 4.09. The number of hydrogen-bond donors (Lipinski definition) is 0. The quantitative estimate of drug-likeness (QED) is 0.122. The van der Waals surface area contributed by atoms with Crippen LogP contribution in [0.2, 0.25) is 0 Å². The van der Waals surface area contributed by atoms with E-state index in [0.717, 1.165) is 0 Å². The van der Waals surface area contributed by atoms with Gasteiger partial charge in [0.25, 0.3) is 0 Å². The van der Waals surface area contributed by atoms with Gasteiger partial charge in [-0.25, -0.2) is 0 Å². The van der Waals surface area contributed by atoms with Gasteiger partial charge in [-0.2, -0.15) is 0 Å². The van der Waals surface area contributed by atoms with Crippen molar-refractivity contribution in [2.45, 2.75) is 77.0 Å². The van der Waals surface area contributed by atoms with E-state index in [4.69, 9.17) is 0 Å². The SMILES string of the molecule is CCC(CC(C)c1ccncc1)c1ccncc1.CCC(CC(C)c1ccncc1)c1ccncc1.[CH3-].[CH3-].[CH3-].[CH3-].[Co+2].[Pd+2]. The van der Waals surface area contributed by atoms with Gasteiger partial charge in [-0.05, 0) is 120 Å². The van der Waals surface area contributed by atoms with Crippen LogP contribution in [-0.4, -0.2) is 19.9 Å². The van der Waals surface area contributed by atoms with Crippen LogP contribution in [0.4, 0.5) is 0 Å². The summed E-state index contributed by atoms with van der Waals surface area (Å²) in [5.41, 5.74) is 5.54. The molecule has 4 rings (SSSR count). The summed E-state index contributed by atoms with van der Waals surface area (Å²) in [6, 6.07) is 17.0. The van der Waals surface area contributed by atoms with Gasteiger partial charge in [0.1, 0.15) is 0 Å². The third-order valence-electron chi connectivity index (χ3n) is 7.17. The molecule has 4 unspecified atom stereocenters. The van der Waals surface area contributed by atoms with Crippen molar-refractivity contribution in [3.8, 4) is 0 Å². The Morgan fingerprint density at radius 3 is 0.881 bits per heavy atom. The molecular formula is C36H52CoN4Pd. The summed E-state index contributed by atoms with van der Waals surface area (Å²) in [5, 5.41) is 0. The second-order valence-electron chi connectivity index (χ2n) is 9.61. The van der Waals surface area contributed by atoms with Gasteiger partial charge >= 0.3 is 37.2 Å². The van der Waals surface area contributed by atoms with Crippen molar-refractivity contribution in [1.29, 1.82) is 0 Å². The number of pyridine rings is 4. The van der Waals surface area contributed by atoms with Crippen molar-refractivity contribution in [2.75, 3.05) is 0 Å². The summed E-state index contributed by atoms with van der Waals surface area (Å²) in [7, 11) is 0. The number of nitrogens with zero attached hydrogens (tertiary/aromatic N) is 4. The topological polar surface area (TPSA) is 51.6 Å². The predicted octanol–water partition coefficient (Wildman–Crippen LogP) is 10.1. The zero-order chi connectivity index (χ0) is 25.6. The summed E-state index contributed by atoms with van der Waals surface area (Å²) >= 11 is 0. The largest absolute Gasteiger partial charge is 2.00 e. The maximum Gasteiger partial charge on any atom is 2.00 e. The third kappa shape index (κ3) is 15.3. The second kappa shape index (κ2) is 26.4. The van der Waals surface area contributed by atoms with E-state index in [9.17, 15) is 0 Å². The first-order valence-corrected chi connectivity index (χ1v) is 13.2. The fourth-order valence-corrected chi connectivity index (χ4v) is 4.86. The van der Waals surface area contributed by atoms with Gasteiger partial charge in [0.15, 0.2) is 0 Å². The van der Waals surface area contributed by atoms with E-state index in [1.54, 1.807) is 0 Å². The smallest absolute Gasteiger partial charge is 0.358 e. The molecule has 42 heavy (non-hydrogen) atoms. The zero-order valence-electron chi connectivity index (χ0n) is 26.8. The molecule has 4 aromatic heterocycles. The Morgan fingerprint density at radius 1 is 0.452 bits per heavy atom. The molecule has 0 fully saturated rings. The Balaban J connectivity index is -0.000000301. The number of rotatable bonds is 10. The predicted molar refractivity (Wildman–Crippen MR) is 175 cm³/mol. The maximum atomic E-state index is 4.09. The molecule has 0 saturated carbocycles. The van der Waals surface area contributed by atoms with Crippen molar-refractivity contribution in [3.05, 3.63) is 150 Å². The summed E-state index contributed by atoms with van der Waals surface area (Å²) < 4.78 is 0. The summed E-state index contributed by atoms with van der Waals surface area (Å²) in [5.74, 6) is 2.34. The molecule has 0 N–H and O–H groups in total. The molecule has 0 aliphatic carbocycles. The first-order valence-electron chi connectivity index (χ1n) is 13.2. The Hall–Kier alpha value is -2.23. The van der Waals surface area contributed by atoms with E-state index in [-0.39, 0.29) is 66.9 Å². The van der Waals surface area contributed by atoms with Crippen molar-refractivity contribution in [2.24, 2.45) is 0 Å². The standard InChI is InChI=1S/2C16H20N2.4CH3.Co.Pd/c2*1-3-14(16-6-10-18-11-7-16)12-13(2)15-4-8-17-9-5-15;;;;;;/h2*4-11,13-14H,3,12H2,1-2H3;4*1H3;;/q;;4*-1;2*+2. The monoisotopic (exact) mass is 705 g/mol. The van der Waals surface area contributed by atoms with Gasteiger partial charge in [0.05, 0.1) is 0 Å². The molecule has 0 spiro atoms. The Labute approximate surface area is 282 Å². The van der Waals surface area contributed by atoms with E-state index in [1.165, 1.54) is 47.9 Å². The fourth-order valence-electron chi connectivity index (χ4n) is 4.86. The van der Waals surface area contributed by atoms with Gasteiger partial charge in [-0.15, -0.1) is 0 Å². The molecule has 0 bridgehead atoms. The summed E-state index contributed by atoms with van der Waals surface area (Å²) in [4.78, 5) is 16.3. The van der Waals surface area contributed by atoms with Crippen LogP contribution in [0.25, 0.3) is 0 Å². The molecule has 0 aromatic carbocycles. The van der Waals surface area contributed by atoms with Crippen molar-refractivity contribution >= 4 is 0 Å². The van der Waals surface area contributed by atoms with Crippen LogP contribution < -0.4 is 0 Å². The van der Waals surface area contributed by atoms with Crippen molar-refractivity contribution in [1.82, 2.24) is 19.9 Å². The molecule has 4 aromatic rings. The van der Waals surface area contributed by atoms with E-state index < -0.39 is 0 Å². The normalized spacial score (nSPS) is 12.1. The van der Waals surface area contributed by atoms with Gasteiger partial charge in [-0.3, -0.25) is 19.9 Å². The van der Waals surface area contributed by atoms with Crippen LogP contribution in [0.5, 0.6) is 0 Å². The second-order valence-corrected chi connectivity index (χ2v) is 9.61. The molecule has 1 radical (unpaired) electrons. The molecule has 4 atom stereocenters. The molecule has 235 valence electrons. The minimum Gasteiger partial charge on any atom is -0.358 e. The average molecular weight is 706 g/mol. The Morgan fingerprint density at radius 2 is 0.667 bits per heavy atom. The molecule has 0 aliphatic rings. The van der Waals surface area contributed by atoms with Crippen LogP contribution >= 0.6 is 0 Å². The van der Waals surface area contributed by atoms with Crippen molar-refractivity contribution in [3.63, 3.8) is 0 Å². The molecule has 4 nitrogen and oxygen atoms in total. The van der Waals surface area contributed by atoms with Gasteiger partial charge < -0.3 is 29.7 Å². The molecule has 0 saturated heterocycles. The van der Waals surface area contributed by atoms with Crippen LogP contribution in [0.1, 0.15) is 99.3 Å². The fraction of sp³-hybridized carbons (Fsp3) is 0.333. The van der Waals surface area contributed by atoms with E-state index >= 15 is 0 Å². The van der Waals surface area contributed by atoms with Crippen LogP contribution in [-0.2, 0) is 37.2 Å². The van der Waals surface area contributed by atoms with Crippen LogP contribution in [0, 0.1) is 29.7 Å². The minimum absolute atomic E-state index is 0. The Bertz CT molecular complexity index is 1010. The molecule has 0 amide bonds. The first-order chi connectivity index (χ1) is 17.6. The zero-order valence-corrected chi connectivity index (χ0v) is 29.4. The first kappa shape index (κ1) is 46.7. The summed E-state index contributed by atoms with van der Waals surface area (Å²) in [6.07, 6.45) is 19.7. The number of hydrogen-bond acceptors (Lipinski definition) is 4. The number of aromatic nitrogens is 4. The van der Waals surface area contributed by atoms with E-state index in [0.29, 0.717) is 23.7 Å². The van der Waals surface area contributed by atoms with Crippen molar-refractivity contribution < 1.29 is 37.2 Å². The van der Waals surface area contributed by atoms with E-state index in [2.05, 4.69) is 96.2 Å². The van der Waals surface area contributed by atoms with Gasteiger partial charge in [-0.1, -0.05) is 27.7 Å². The van der Waals surface area contributed by atoms with Gasteiger partial charge in [0, 0.05) is 49.6 Å². The van der Waals surface area contributed by atoms with Crippen LogP contribution in [0.3, 0.4) is 0 Å². The molecular weight excluding hydrogens is 654 g/mol. The Kier molecular flexibility index (Phi) is 29.4.